The van der Waals surface area contributed by atoms with Crippen molar-refractivity contribution >= 4 is 51.3 Å². The Bertz CT molecular complexity index is 612. The number of nitrogen functional groups attached to an aromatic ring is 1. The van der Waals surface area contributed by atoms with Crippen LogP contribution in [0.5, 0.6) is 0 Å². The van der Waals surface area contributed by atoms with Crippen molar-refractivity contribution in [1.29, 1.82) is 0 Å². The van der Waals surface area contributed by atoms with E-state index >= 15 is 0 Å². The molecule has 1 aliphatic rings. The van der Waals surface area contributed by atoms with Gasteiger partial charge >= 0.3 is 0 Å². The Balaban J connectivity index is 1.97. The zero-order chi connectivity index (χ0) is 13.6. The van der Waals surface area contributed by atoms with E-state index in [-0.39, 0.29) is 0 Å². The molecule has 0 bridgehead atoms. The molecule has 3 rings (SSSR count). The average molecular weight is 334 g/mol. The number of aromatic nitrogens is 1. The molecule has 6 heteroatoms. The molecule has 1 aromatic heterocycles. The minimum atomic E-state index is 0.546. The highest BCUT2D eigenvalue weighted by molar-refractivity contribution is 7.15. The highest BCUT2D eigenvalue weighted by atomic mass is 35.5. The Morgan fingerprint density at radius 3 is 2.42 bits per heavy atom. The normalized spacial score (nSPS) is 14.9. The fourth-order valence-corrected chi connectivity index (χ4v) is 3.97. The maximum absolute atomic E-state index is 6.22. The summed E-state index contributed by atoms with van der Waals surface area (Å²) in [5.41, 5.74) is 7.82. The lowest BCUT2D eigenvalue weighted by molar-refractivity contribution is 1.01. The van der Waals surface area contributed by atoms with Gasteiger partial charge in [0.05, 0.1) is 5.69 Å². The maximum Gasteiger partial charge on any atom is 0.180 e. The van der Waals surface area contributed by atoms with E-state index in [1.807, 2.05) is 0 Å². The van der Waals surface area contributed by atoms with Gasteiger partial charge in [-0.25, -0.2) is 4.98 Å². The Kier molecular flexibility index (Phi) is 3.65. The van der Waals surface area contributed by atoms with Crippen LogP contribution in [0, 0.1) is 0 Å². The first-order valence-corrected chi connectivity index (χ1v) is 7.88. The number of nitrogens with two attached hydrogens (primary N) is 1. The highest BCUT2D eigenvalue weighted by Crippen LogP contribution is 2.44. The summed E-state index contributed by atoms with van der Waals surface area (Å²) in [7, 11) is 0. The summed E-state index contributed by atoms with van der Waals surface area (Å²) >= 11 is 19.9. The van der Waals surface area contributed by atoms with Crippen molar-refractivity contribution < 1.29 is 0 Å². The lowest BCUT2D eigenvalue weighted by Gasteiger charge is -2.07. The second-order valence-electron chi connectivity index (χ2n) is 4.66. The predicted octanol–water partition coefficient (Wildman–Crippen LogP) is 5.15. The summed E-state index contributed by atoms with van der Waals surface area (Å²) < 4.78 is 0. The fraction of sp³-hybridized carbons (Fsp3) is 0.308. The number of thiazole rings is 1. The molecular formula is C13H11Cl3N2S. The topological polar surface area (TPSA) is 38.9 Å². The predicted molar refractivity (Wildman–Crippen MR) is 82.8 cm³/mol. The summed E-state index contributed by atoms with van der Waals surface area (Å²) in [6, 6.07) is 3.43. The number of benzene rings is 1. The van der Waals surface area contributed by atoms with Crippen LogP contribution < -0.4 is 5.73 Å². The third kappa shape index (κ3) is 2.84. The molecule has 100 valence electrons. The fourth-order valence-electron chi connectivity index (χ4n) is 2.09. The summed E-state index contributed by atoms with van der Waals surface area (Å²) in [6.07, 6.45) is 3.05. The molecule has 1 aliphatic carbocycles. The van der Waals surface area contributed by atoms with Gasteiger partial charge in [-0.05, 0) is 30.5 Å². The SMILES string of the molecule is Nc1nc(C2CC2)c(Cc2c(Cl)cc(Cl)cc2Cl)s1. The smallest absolute Gasteiger partial charge is 0.180 e. The molecule has 0 aliphatic heterocycles. The molecule has 0 spiro atoms. The number of anilines is 1. The molecule has 1 heterocycles. The summed E-state index contributed by atoms with van der Waals surface area (Å²) in [5.74, 6) is 0.563. The van der Waals surface area contributed by atoms with Gasteiger partial charge in [-0.3, -0.25) is 0 Å². The Morgan fingerprint density at radius 1 is 1.21 bits per heavy atom. The Hall–Kier alpha value is -0.480. The number of nitrogens with zero attached hydrogens (tertiary/aromatic N) is 1. The van der Waals surface area contributed by atoms with Gasteiger partial charge in [-0.15, -0.1) is 11.3 Å². The van der Waals surface area contributed by atoms with Crippen molar-refractivity contribution in [2.45, 2.75) is 25.2 Å². The molecule has 2 aromatic rings. The molecule has 0 atom stereocenters. The van der Waals surface area contributed by atoms with E-state index in [4.69, 9.17) is 40.5 Å². The van der Waals surface area contributed by atoms with E-state index in [9.17, 15) is 0 Å². The lowest BCUT2D eigenvalue weighted by Crippen LogP contribution is -1.93. The van der Waals surface area contributed by atoms with Crippen LogP contribution in [0.25, 0.3) is 0 Å². The third-order valence-corrected chi connectivity index (χ3v) is 4.94. The summed E-state index contributed by atoms with van der Waals surface area (Å²) in [6.45, 7) is 0. The number of hydrogen-bond acceptors (Lipinski definition) is 3. The average Bonchev–Trinajstić information content (AvgIpc) is 3.08. The maximum atomic E-state index is 6.22. The van der Waals surface area contributed by atoms with Crippen molar-refractivity contribution in [3.8, 4) is 0 Å². The molecule has 19 heavy (non-hydrogen) atoms. The van der Waals surface area contributed by atoms with E-state index in [0.717, 1.165) is 16.1 Å². The Morgan fingerprint density at radius 2 is 1.84 bits per heavy atom. The van der Waals surface area contributed by atoms with Crippen LogP contribution in [-0.2, 0) is 6.42 Å². The van der Waals surface area contributed by atoms with Crippen LogP contribution >= 0.6 is 46.1 Å². The molecule has 0 unspecified atom stereocenters. The molecule has 0 saturated heterocycles. The van der Waals surface area contributed by atoms with Crippen molar-refractivity contribution in [2.75, 3.05) is 5.73 Å². The lowest BCUT2D eigenvalue weighted by atomic mass is 10.1. The molecule has 1 saturated carbocycles. The summed E-state index contributed by atoms with van der Waals surface area (Å²) in [5, 5.41) is 2.33. The van der Waals surface area contributed by atoms with Gasteiger partial charge in [0.25, 0.3) is 0 Å². The van der Waals surface area contributed by atoms with Crippen LogP contribution in [0.4, 0.5) is 5.13 Å². The van der Waals surface area contributed by atoms with E-state index in [2.05, 4.69) is 4.98 Å². The molecule has 1 aromatic carbocycles. The first-order chi connectivity index (χ1) is 9.04. The van der Waals surface area contributed by atoms with E-state index < -0.39 is 0 Å². The van der Waals surface area contributed by atoms with Gasteiger partial charge in [-0.2, -0.15) is 0 Å². The zero-order valence-corrected chi connectivity index (χ0v) is 13.0. The van der Waals surface area contributed by atoms with Gasteiger partial charge < -0.3 is 5.73 Å². The molecule has 0 amide bonds. The second kappa shape index (κ2) is 5.13. The molecule has 2 N–H and O–H groups in total. The van der Waals surface area contributed by atoms with Crippen LogP contribution in [0.2, 0.25) is 15.1 Å². The molecule has 2 nitrogen and oxygen atoms in total. The quantitative estimate of drug-likeness (QED) is 0.843. The number of hydrogen-bond donors (Lipinski definition) is 1. The number of halogens is 3. The largest absolute Gasteiger partial charge is 0.375 e. The Labute approximate surface area is 130 Å². The van der Waals surface area contributed by atoms with Crippen molar-refractivity contribution in [1.82, 2.24) is 4.98 Å². The van der Waals surface area contributed by atoms with Crippen LogP contribution in [0.1, 0.15) is 34.9 Å². The van der Waals surface area contributed by atoms with Crippen LogP contribution in [0.3, 0.4) is 0 Å². The van der Waals surface area contributed by atoms with Gasteiger partial charge in [0.1, 0.15) is 0 Å². The van der Waals surface area contributed by atoms with Crippen molar-refractivity contribution in [3.63, 3.8) is 0 Å². The van der Waals surface area contributed by atoms with E-state index in [1.54, 1.807) is 12.1 Å². The van der Waals surface area contributed by atoms with Crippen LogP contribution in [-0.4, -0.2) is 4.98 Å². The molecule has 0 radical (unpaired) electrons. The monoisotopic (exact) mass is 332 g/mol. The highest BCUT2D eigenvalue weighted by Gasteiger charge is 2.29. The van der Waals surface area contributed by atoms with E-state index in [0.29, 0.717) is 32.5 Å². The van der Waals surface area contributed by atoms with Gasteiger partial charge in [0.15, 0.2) is 5.13 Å². The first kappa shape index (κ1) is 13.5. The van der Waals surface area contributed by atoms with E-state index in [1.165, 1.54) is 24.2 Å². The van der Waals surface area contributed by atoms with Crippen molar-refractivity contribution in [3.05, 3.63) is 43.3 Å². The van der Waals surface area contributed by atoms with Gasteiger partial charge in [-0.1, -0.05) is 34.8 Å². The molecular weight excluding hydrogens is 323 g/mol. The van der Waals surface area contributed by atoms with Crippen molar-refractivity contribution in [2.24, 2.45) is 0 Å². The molecule has 1 fully saturated rings. The third-order valence-electron chi connectivity index (χ3n) is 3.15. The second-order valence-corrected chi connectivity index (χ2v) is 7.03. The summed E-state index contributed by atoms with van der Waals surface area (Å²) in [4.78, 5) is 5.59. The standard InChI is InChI=1S/C13H11Cl3N2S/c14-7-3-9(15)8(10(16)4-7)5-11-12(6-1-2-6)18-13(17)19-11/h3-4,6H,1-2,5H2,(H2,17,18). The van der Waals surface area contributed by atoms with Gasteiger partial charge in [0.2, 0.25) is 0 Å². The minimum absolute atomic E-state index is 0.546. The number of rotatable bonds is 3. The van der Waals surface area contributed by atoms with Crippen LogP contribution in [0.15, 0.2) is 12.1 Å². The minimum Gasteiger partial charge on any atom is -0.375 e. The zero-order valence-electron chi connectivity index (χ0n) is 9.92. The first-order valence-electron chi connectivity index (χ1n) is 5.93. The van der Waals surface area contributed by atoms with Gasteiger partial charge in [0, 0.05) is 32.3 Å².